The Morgan fingerprint density at radius 1 is 1.11 bits per heavy atom. The summed E-state index contributed by atoms with van der Waals surface area (Å²) in [5.74, 6) is 0.262. The molecule has 3 unspecified atom stereocenters. The number of amides is 2. The van der Waals surface area contributed by atoms with Gasteiger partial charge in [0.15, 0.2) is 0 Å². The fraction of sp³-hybridized carbons (Fsp3) is 0.688. The third kappa shape index (κ3) is 5.60. The van der Waals surface area contributed by atoms with Gasteiger partial charge < -0.3 is 20.6 Å². The van der Waals surface area contributed by atoms with Gasteiger partial charge in [0.25, 0.3) is 0 Å². The smallest absolute Gasteiger partial charge is 0.246 e. The quantitative estimate of drug-likeness (QED) is 0.424. The molecule has 0 aromatic heterocycles. The molecule has 3 rings (SSSR count). The Morgan fingerprint density at radius 2 is 1.71 bits per heavy atom. The van der Waals surface area contributed by atoms with Crippen LogP contribution in [-0.2, 0) is 20.4 Å². The van der Waals surface area contributed by atoms with E-state index >= 15 is 0 Å². The van der Waals surface area contributed by atoms with Gasteiger partial charge in [0.2, 0.25) is 11.8 Å². The van der Waals surface area contributed by atoms with Crippen LogP contribution in [0.1, 0.15) is 100 Å². The number of allylic oxidation sites excluding steroid dienone is 1. The van der Waals surface area contributed by atoms with Crippen LogP contribution >= 0.6 is 0 Å². The highest BCUT2D eigenvalue weighted by Crippen LogP contribution is 2.55. The lowest BCUT2D eigenvalue weighted by Crippen LogP contribution is -2.64. The topological polar surface area (TPSA) is 81.7 Å². The largest absolute Gasteiger partial charge is 0.505 e. The van der Waals surface area contributed by atoms with Crippen LogP contribution in [0.4, 0.5) is 5.69 Å². The van der Waals surface area contributed by atoms with E-state index in [4.69, 9.17) is 0 Å². The Morgan fingerprint density at radius 3 is 2.18 bits per heavy atom. The lowest BCUT2D eigenvalue weighted by molar-refractivity contribution is -0.136. The number of nitrogens with zero attached hydrogens (tertiary/aromatic N) is 1. The standard InChI is InChI=1S/C32H51N3O3/c1-13-14-23-26-19(2)35(25-16-22(29(4,5)6)15-24(27(25)37)30(7,8)9)18-21(26)17-32(23,33-20(3)36)28(38)34-31(10,11)12/h13,15-16,19,21,23,26,37H,1,14,17-18H2,2-12H3,(H,33,36)(H,34,38)/t19?,21-,23-,26?,32?/m0/s1. The molecule has 1 saturated heterocycles. The van der Waals surface area contributed by atoms with Crippen molar-refractivity contribution in [3.8, 4) is 5.75 Å². The molecule has 1 saturated carbocycles. The van der Waals surface area contributed by atoms with Crippen LogP contribution in [0.2, 0.25) is 0 Å². The SMILES string of the molecule is C=CC[C@H]1C2C(C)N(c3cc(C(C)(C)C)cc(C(C)(C)C)c3O)C[C@@H]2CC1(NC(C)=O)C(=O)NC(C)(C)C. The summed E-state index contributed by atoms with van der Waals surface area (Å²) >= 11 is 0. The van der Waals surface area contributed by atoms with E-state index in [0.29, 0.717) is 25.1 Å². The fourth-order valence-electron chi connectivity index (χ4n) is 6.83. The molecule has 1 aromatic carbocycles. The van der Waals surface area contributed by atoms with E-state index in [0.717, 1.165) is 11.3 Å². The van der Waals surface area contributed by atoms with Crippen molar-refractivity contribution in [3.63, 3.8) is 0 Å². The second-order valence-corrected chi connectivity index (χ2v) is 14.8. The molecule has 38 heavy (non-hydrogen) atoms. The van der Waals surface area contributed by atoms with Gasteiger partial charge in [-0.05, 0) is 80.8 Å². The molecule has 1 aromatic rings. The number of phenols is 1. The van der Waals surface area contributed by atoms with Crippen molar-refractivity contribution in [2.45, 2.75) is 117 Å². The molecule has 212 valence electrons. The summed E-state index contributed by atoms with van der Waals surface area (Å²) in [6.45, 7) is 27.3. The summed E-state index contributed by atoms with van der Waals surface area (Å²) < 4.78 is 0. The maximum atomic E-state index is 13.8. The molecule has 2 fully saturated rings. The number of carbonyl (C=O) groups is 2. The summed E-state index contributed by atoms with van der Waals surface area (Å²) in [6, 6.07) is 4.37. The van der Waals surface area contributed by atoms with Gasteiger partial charge in [-0.2, -0.15) is 0 Å². The molecule has 0 radical (unpaired) electrons. The minimum atomic E-state index is -0.991. The Hall–Kier alpha value is -2.50. The maximum absolute atomic E-state index is 13.8. The molecule has 3 N–H and O–H groups in total. The van der Waals surface area contributed by atoms with E-state index in [1.54, 1.807) is 0 Å². The highest BCUT2D eigenvalue weighted by molar-refractivity contribution is 5.92. The minimum Gasteiger partial charge on any atom is -0.505 e. The number of nitrogens with one attached hydrogen (secondary N) is 2. The first kappa shape index (κ1) is 30.0. The van der Waals surface area contributed by atoms with E-state index in [1.165, 1.54) is 12.5 Å². The van der Waals surface area contributed by atoms with Crippen molar-refractivity contribution in [1.29, 1.82) is 0 Å². The van der Waals surface area contributed by atoms with E-state index in [-0.39, 0.29) is 46.4 Å². The molecule has 2 aliphatic rings. The highest BCUT2D eigenvalue weighted by Gasteiger charge is 2.62. The van der Waals surface area contributed by atoms with Gasteiger partial charge in [-0.25, -0.2) is 0 Å². The summed E-state index contributed by atoms with van der Waals surface area (Å²) in [5, 5.41) is 17.9. The molecular weight excluding hydrogens is 474 g/mol. The number of benzene rings is 1. The van der Waals surface area contributed by atoms with E-state index in [2.05, 4.69) is 82.7 Å². The van der Waals surface area contributed by atoms with E-state index in [9.17, 15) is 14.7 Å². The van der Waals surface area contributed by atoms with Crippen LogP contribution in [0.5, 0.6) is 5.75 Å². The first-order valence-corrected chi connectivity index (χ1v) is 14.1. The lowest BCUT2D eigenvalue weighted by Gasteiger charge is -2.41. The molecule has 0 spiro atoms. The maximum Gasteiger partial charge on any atom is 0.246 e. The van der Waals surface area contributed by atoms with Crippen LogP contribution in [0.3, 0.4) is 0 Å². The van der Waals surface area contributed by atoms with Crippen LogP contribution in [0.25, 0.3) is 0 Å². The van der Waals surface area contributed by atoms with Crippen LogP contribution in [0.15, 0.2) is 24.8 Å². The number of rotatable bonds is 5. The van der Waals surface area contributed by atoms with Gasteiger partial charge in [-0.15, -0.1) is 6.58 Å². The normalized spacial score (nSPS) is 27.7. The first-order valence-electron chi connectivity index (χ1n) is 14.1. The molecule has 2 amide bonds. The molecule has 1 aliphatic heterocycles. The number of anilines is 1. The van der Waals surface area contributed by atoms with Crippen molar-refractivity contribution in [2.24, 2.45) is 17.8 Å². The van der Waals surface area contributed by atoms with Crippen LogP contribution in [-0.4, -0.2) is 40.6 Å². The first-order chi connectivity index (χ1) is 17.2. The molecule has 6 nitrogen and oxygen atoms in total. The predicted molar refractivity (Wildman–Crippen MR) is 157 cm³/mol. The summed E-state index contributed by atoms with van der Waals surface area (Å²) in [6.07, 6.45) is 3.06. The van der Waals surface area contributed by atoms with Crippen molar-refractivity contribution in [1.82, 2.24) is 10.6 Å². The molecule has 6 heteroatoms. The average Bonchev–Trinajstić information content (AvgIpc) is 3.19. The zero-order valence-corrected chi connectivity index (χ0v) is 25.6. The molecular formula is C32H51N3O3. The molecule has 1 heterocycles. The monoisotopic (exact) mass is 525 g/mol. The molecule has 5 atom stereocenters. The van der Waals surface area contributed by atoms with Gasteiger partial charge in [0.1, 0.15) is 11.3 Å². The number of fused-ring (bicyclic) bond motifs is 1. The number of hydrogen-bond acceptors (Lipinski definition) is 4. The van der Waals surface area contributed by atoms with E-state index < -0.39 is 11.1 Å². The zero-order chi connectivity index (χ0) is 29.0. The van der Waals surface area contributed by atoms with Crippen molar-refractivity contribution in [3.05, 3.63) is 35.9 Å². The van der Waals surface area contributed by atoms with Crippen molar-refractivity contribution in [2.75, 3.05) is 11.4 Å². The third-order valence-corrected chi connectivity index (χ3v) is 8.49. The van der Waals surface area contributed by atoms with Crippen molar-refractivity contribution < 1.29 is 14.7 Å². The lowest BCUT2D eigenvalue weighted by atomic mass is 9.76. The van der Waals surface area contributed by atoms with Gasteiger partial charge >= 0.3 is 0 Å². The Kier molecular flexibility index (Phi) is 7.84. The summed E-state index contributed by atoms with van der Waals surface area (Å²) in [7, 11) is 0. The summed E-state index contributed by atoms with van der Waals surface area (Å²) in [5.41, 5.74) is 1.32. The van der Waals surface area contributed by atoms with E-state index in [1.807, 2.05) is 26.8 Å². The number of aromatic hydroxyl groups is 1. The second-order valence-electron chi connectivity index (χ2n) is 14.8. The van der Waals surface area contributed by atoms with Crippen LogP contribution in [0, 0.1) is 17.8 Å². The van der Waals surface area contributed by atoms with Gasteiger partial charge in [-0.1, -0.05) is 53.7 Å². The second kappa shape index (κ2) is 9.91. The Bertz CT molecular complexity index is 1090. The van der Waals surface area contributed by atoms with Crippen LogP contribution < -0.4 is 15.5 Å². The molecule has 0 bridgehead atoms. The average molecular weight is 526 g/mol. The van der Waals surface area contributed by atoms with Crippen molar-refractivity contribution >= 4 is 17.5 Å². The number of phenolic OH excluding ortho intramolecular Hbond substituents is 1. The Labute approximate surface area is 230 Å². The predicted octanol–water partition coefficient (Wildman–Crippen LogP) is 5.81. The summed E-state index contributed by atoms with van der Waals surface area (Å²) in [4.78, 5) is 28.6. The van der Waals surface area contributed by atoms with Gasteiger partial charge in [-0.3, -0.25) is 9.59 Å². The fourth-order valence-corrected chi connectivity index (χ4v) is 6.83. The number of carbonyl (C=O) groups excluding carboxylic acids is 2. The molecule has 1 aliphatic carbocycles. The minimum absolute atomic E-state index is 0.0666. The van der Waals surface area contributed by atoms with Gasteiger partial charge in [0, 0.05) is 30.6 Å². The highest BCUT2D eigenvalue weighted by atomic mass is 16.3. The van der Waals surface area contributed by atoms with Gasteiger partial charge in [0.05, 0.1) is 5.69 Å². The number of hydrogen-bond donors (Lipinski definition) is 3. The third-order valence-electron chi connectivity index (χ3n) is 8.49. The Balaban J connectivity index is 2.11. The zero-order valence-electron chi connectivity index (χ0n) is 25.6.